The first-order chi connectivity index (χ1) is 21.1. The number of anilines is 1. The van der Waals surface area contributed by atoms with Crippen LogP contribution in [0.2, 0.25) is 0 Å². The van der Waals surface area contributed by atoms with Gasteiger partial charge < -0.3 is 25.3 Å². The second-order valence-corrected chi connectivity index (χ2v) is 12.7. The average molecular weight is 602 g/mol. The lowest BCUT2D eigenvalue weighted by Gasteiger charge is -2.35. The summed E-state index contributed by atoms with van der Waals surface area (Å²) in [7, 11) is 0. The molecule has 1 aromatic carbocycles. The molecule has 1 aliphatic heterocycles. The van der Waals surface area contributed by atoms with Crippen LogP contribution in [-0.2, 0) is 4.74 Å². The zero-order valence-electron chi connectivity index (χ0n) is 26.0. The maximum Gasteiger partial charge on any atom is 0.407 e. The minimum absolute atomic E-state index is 0.0789. The molecule has 0 bridgehead atoms. The molecule has 1 unspecified atom stereocenters. The van der Waals surface area contributed by atoms with Gasteiger partial charge in [0.15, 0.2) is 0 Å². The zero-order valence-corrected chi connectivity index (χ0v) is 26.0. The highest BCUT2D eigenvalue weighted by Gasteiger charge is 2.31. The number of carbonyl (C=O) groups is 1. The molecule has 2 atom stereocenters. The lowest BCUT2D eigenvalue weighted by Crippen LogP contribution is -2.47. The third kappa shape index (κ3) is 8.53. The van der Waals surface area contributed by atoms with E-state index in [9.17, 15) is 9.18 Å². The molecule has 5 rings (SSSR count). The SMILES string of the molecule is CC(C)(C)OC(=O)NCCCN1CCN(c2cccc(-c3cnc(/C=C\C(=N)C4CCC[C@@H]4c4cccc(F)c4)[nH]3)n2)CC1. The Hall–Kier alpha value is -4.05. The Morgan fingerprint density at radius 2 is 1.95 bits per heavy atom. The Bertz CT molecular complexity index is 1460. The van der Waals surface area contributed by atoms with E-state index in [4.69, 9.17) is 15.1 Å². The average Bonchev–Trinajstić information content (AvgIpc) is 3.68. The highest BCUT2D eigenvalue weighted by molar-refractivity contribution is 5.98. The Kier molecular flexibility index (Phi) is 10.1. The Morgan fingerprint density at radius 1 is 1.16 bits per heavy atom. The van der Waals surface area contributed by atoms with Crippen molar-refractivity contribution in [2.24, 2.45) is 5.92 Å². The van der Waals surface area contributed by atoms with Crippen molar-refractivity contribution in [3.63, 3.8) is 0 Å². The number of pyridine rings is 1. The van der Waals surface area contributed by atoms with E-state index in [0.29, 0.717) is 18.1 Å². The lowest BCUT2D eigenvalue weighted by atomic mass is 9.85. The van der Waals surface area contributed by atoms with Gasteiger partial charge >= 0.3 is 6.09 Å². The fourth-order valence-corrected chi connectivity index (χ4v) is 6.07. The number of piperazine rings is 1. The summed E-state index contributed by atoms with van der Waals surface area (Å²) < 4.78 is 19.1. The number of hydrogen-bond donors (Lipinski definition) is 3. The molecule has 0 spiro atoms. The minimum atomic E-state index is -0.486. The molecule has 1 saturated heterocycles. The van der Waals surface area contributed by atoms with Crippen LogP contribution in [0.5, 0.6) is 0 Å². The number of H-pyrrole nitrogens is 1. The number of halogens is 1. The van der Waals surface area contributed by atoms with Gasteiger partial charge in [0.05, 0.1) is 17.6 Å². The number of nitrogens with zero attached hydrogens (tertiary/aromatic N) is 4. The molecule has 2 aromatic heterocycles. The molecule has 3 N–H and O–H groups in total. The summed E-state index contributed by atoms with van der Waals surface area (Å²) in [5, 5.41) is 11.6. The van der Waals surface area contributed by atoms with Crippen molar-refractivity contribution in [1.29, 1.82) is 5.41 Å². The first-order valence-corrected chi connectivity index (χ1v) is 15.6. The van der Waals surface area contributed by atoms with Crippen molar-refractivity contribution < 1.29 is 13.9 Å². The van der Waals surface area contributed by atoms with Gasteiger partial charge in [-0.25, -0.2) is 19.2 Å². The number of hydrogen-bond acceptors (Lipinski definition) is 7. The highest BCUT2D eigenvalue weighted by Crippen LogP contribution is 2.40. The second-order valence-electron chi connectivity index (χ2n) is 12.7. The summed E-state index contributed by atoms with van der Waals surface area (Å²) in [5.74, 6) is 1.64. The molecule has 1 saturated carbocycles. The number of allylic oxidation sites excluding steroid dienone is 1. The normalized spacial score (nSPS) is 19.4. The second kappa shape index (κ2) is 14.2. The van der Waals surface area contributed by atoms with E-state index < -0.39 is 5.60 Å². The highest BCUT2D eigenvalue weighted by atomic mass is 19.1. The summed E-state index contributed by atoms with van der Waals surface area (Å²) in [6, 6.07) is 12.8. The Balaban J connectivity index is 1.11. The molecule has 234 valence electrons. The number of nitrogens with one attached hydrogen (secondary N) is 3. The molecule has 10 heteroatoms. The van der Waals surface area contributed by atoms with Crippen molar-refractivity contribution in [3.05, 3.63) is 71.9 Å². The molecule has 0 radical (unpaired) electrons. The molecule has 3 aromatic rings. The number of ether oxygens (including phenoxy) is 1. The van der Waals surface area contributed by atoms with E-state index in [0.717, 1.165) is 81.2 Å². The molecule has 3 heterocycles. The van der Waals surface area contributed by atoms with Gasteiger partial charge in [0, 0.05) is 44.4 Å². The van der Waals surface area contributed by atoms with E-state index in [1.807, 2.05) is 57.2 Å². The van der Waals surface area contributed by atoms with Crippen LogP contribution in [0.3, 0.4) is 0 Å². The number of amides is 1. The van der Waals surface area contributed by atoms with Gasteiger partial charge in [-0.05, 0) is 94.5 Å². The fourth-order valence-electron chi connectivity index (χ4n) is 6.07. The van der Waals surface area contributed by atoms with Crippen LogP contribution in [0.15, 0.2) is 54.7 Å². The number of rotatable bonds is 10. The first-order valence-electron chi connectivity index (χ1n) is 15.6. The van der Waals surface area contributed by atoms with Gasteiger partial charge in [0.2, 0.25) is 0 Å². The van der Waals surface area contributed by atoms with Crippen LogP contribution in [0.25, 0.3) is 17.5 Å². The van der Waals surface area contributed by atoms with Gasteiger partial charge in [0.1, 0.15) is 23.1 Å². The van der Waals surface area contributed by atoms with E-state index in [1.54, 1.807) is 18.3 Å². The topological polar surface area (TPSA) is 110 Å². The van der Waals surface area contributed by atoms with Gasteiger partial charge in [-0.1, -0.05) is 24.6 Å². The van der Waals surface area contributed by atoms with E-state index in [2.05, 4.69) is 25.1 Å². The number of aromatic nitrogens is 3. The summed E-state index contributed by atoms with van der Waals surface area (Å²) >= 11 is 0. The van der Waals surface area contributed by atoms with Crippen LogP contribution < -0.4 is 10.2 Å². The quantitative estimate of drug-likeness (QED) is 0.187. The lowest BCUT2D eigenvalue weighted by molar-refractivity contribution is 0.0525. The monoisotopic (exact) mass is 601 g/mol. The van der Waals surface area contributed by atoms with Crippen LogP contribution in [0, 0.1) is 17.1 Å². The molecule has 2 aliphatic rings. The van der Waals surface area contributed by atoms with Crippen molar-refractivity contribution in [2.75, 3.05) is 44.2 Å². The third-order valence-electron chi connectivity index (χ3n) is 8.23. The number of carbonyl (C=O) groups excluding carboxylic acids is 1. The first kappa shape index (κ1) is 31.4. The van der Waals surface area contributed by atoms with Crippen LogP contribution in [0.1, 0.15) is 63.8 Å². The Labute approximate surface area is 259 Å². The number of aromatic amines is 1. The van der Waals surface area contributed by atoms with Gasteiger partial charge in [-0.15, -0.1) is 0 Å². The number of imidazole rings is 1. The summed E-state index contributed by atoms with van der Waals surface area (Å²) in [6.07, 6.45) is 8.90. The number of benzene rings is 1. The molecule has 9 nitrogen and oxygen atoms in total. The standard InChI is InChI=1S/C34H44FN7O2/c1-34(2,3)44-33(43)37-16-7-17-41-18-20-42(21-19-41)32-13-6-12-29(40-32)30-23-38-31(39-30)15-14-28(36)27-11-5-10-26(27)24-8-4-9-25(35)22-24/h4,6,8-9,12-15,22-23,26-27,36H,5,7,10-11,16-21H2,1-3H3,(H,37,43)(H,38,39)/b15-14-,36-28?/t26-,27?/m1/s1. The Morgan fingerprint density at radius 3 is 2.73 bits per heavy atom. The number of alkyl carbamates (subject to hydrolysis) is 1. The molecular formula is C34H44FN7O2. The van der Waals surface area contributed by atoms with E-state index in [1.165, 1.54) is 6.07 Å². The van der Waals surface area contributed by atoms with Crippen LogP contribution in [0.4, 0.5) is 15.0 Å². The van der Waals surface area contributed by atoms with Gasteiger partial charge in [0.25, 0.3) is 0 Å². The molecular weight excluding hydrogens is 557 g/mol. The molecule has 44 heavy (non-hydrogen) atoms. The van der Waals surface area contributed by atoms with Crippen LogP contribution >= 0.6 is 0 Å². The summed E-state index contributed by atoms with van der Waals surface area (Å²) in [5.41, 5.74) is 2.69. The smallest absolute Gasteiger partial charge is 0.407 e. The van der Waals surface area contributed by atoms with Crippen molar-refractivity contribution >= 4 is 23.7 Å². The van der Waals surface area contributed by atoms with Gasteiger partial charge in [-0.2, -0.15) is 0 Å². The predicted molar refractivity (Wildman–Crippen MR) is 173 cm³/mol. The van der Waals surface area contributed by atoms with E-state index >= 15 is 0 Å². The van der Waals surface area contributed by atoms with Crippen molar-refractivity contribution in [1.82, 2.24) is 25.2 Å². The summed E-state index contributed by atoms with van der Waals surface area (Å²) in [6.45, 7) is 10.7. The van der Waals surface area contributed by atoms with E-state index in [-0.39, 0.29) is 23.7 Å². The fraction of sp³-hybridized carbons (Fsp3) is 0.471. The molecule has 1 aliphatic carbocycles. The maximum atomic E-state index is 13.8. The van der Waals surface area contributed by atoms with Crippen molar-refractivity contribution in [3.8, 4) is 11.4 Å². The van der Waals surface area contributed by atoms with Crippen LogP contribution in [-0.4, -0.2) is 76.5 Å². The predicted octanol–water partition coefficient (Wildman–Crippen LogP) is 6.26. The third-order valence-corrected chi connectivity index (χ3v) is 8.23. The molecule has 1 amide bonds. The zero-order chi connectivity index (χ0) is 31.1. The van der Waals surface area contributed by atoms with Gasteiger partial charge in [-0.3, -0.25) is 4.90 Å². The largest absolute Gasteiger partial charge is 0.444 e. The summed E-state index contributed by atoms with van der Waals surface area (Å²) in [4.78, 5) is 29.3. The van der Waals surface area contributed by atoms with Crippen molar-refractivity contribution in [2.45, 2.75) is 58.0 Å². The molecule has 2 fully saturated rings. The minimum Gasteiger partial charge on any atom is -0.444 e. The maximum absolute atomic E-state index is 13.8.